The second-order valence-electron chi connectivity index (χ2n) is 9.89. The van der Waals surface area contributed by atoms with Crippen LogP contribution in [0.1, 0.15) is 50.3 Å². The Morgan fingerprint density at radius 3 is 2.58 bits per heavy atom. The number of piperidine rings is 1. The molecule has 3 rings (SSSR count). The molecule has 0 bridgehead atoms. The third-order valence-electron chi connectivity index (χ3n) is 6.01. The van der Waals surface area contributed by atoms with Crippen molar-refractivity contribution in [1.82, 2.24) is 15.1 Å². The number of nitrogens with one attached hydrogen (secondary N) is 1. The summed E-state index contributed by atoms with van der Waals surface area (Å²) in [6.45, 7) is 8.54. The summed E-state index contributed by atoms with van der Waals surface area (Å²) >= 11 is 0. The second-order valence-corrected chi connectivity index (χ2v) is 9.89. The summed E-state index contributed by atoms with van der Waals surface area (Å²) < 4.78 is 50.0. The molecule has 1 aliphatic heterocycles. The van der Waals surface area contributed by atoms with Gasteiger partial charge in [0.2, 0.25) is 0 Å². The highest BCUT2D eigenvalue weighted by Crippen LogP contribution is 2.38. The minimum atomic E-state index is -4.51. The van der Waals surface area contributed by atoms with Crippen LogP contribution in [0.25, 0.3) is 11.3 Å². The van der Waals surface area contributed by atoms with Gasteiger partial charge in [-0.15, -0.1) is 10.2 Å². The fraction of sp³-hybridized carbons (Fsp3) is 0.560. The largest absolute Gasteiger partial charge is 0.496 e. The van der Waals surface area contributed by atoms with Crippen molar-refractivity contribution in [3.63, 3.8) is 0 Å². The monoisotopic (exact) mass is 510 g/mol. The predicted octanol–water partition coefficient (Wildman–Crippen LogP) is 5.03. The zero-order valence-electron chi connectivity index (χ0n) is 21.2. The highest BCUT2D eigenvalue weighted by molar-refractivity contribution is 5.73. The SMILES string of the molecule is COc1cc(C(F)(F)F)ccc1-c1nnc(NCC2CCCN(C(=O)OC(C)(C)C)C2)c(CO)c1C. The van der Waals surface area contributed by atoms with Crippen LogP contribution >= 0.6 is 0 Å². The van der Waals surface area contributed by atoms with Gasteiger partial charge in [-0.25, -0.2) is 4.79 Å². The van der Waals surface area contributed by atoms with Crippen molar-refractivity contribution in [2.75, 3.05) is 32.1 Å². The van der Waals surface area contributed by atoms with Crippen molar-refractivity contribution in [1.29, 1.82) is 0 Å². The number of halogens is 3. The molecule has 1 saturated heterocycles. The Labute approximate surface area is 208 Å². The summed E-state index contributed by atoms with van der Waals surface area (Å²) in [5.41, 5.74) is 0.334. The molecule has 1 aromatic heterocycles. The molecule has 1 aliphatic rings. The van der Waals surface area contributed by atoms with Crippen LogP contribution in [0.5, 0.6) is 5.75 Å². The number of anilines is 1. The van der Waals surface area contributed by atoms with Gasteiger partial charge in [0.1, 0.15) is 17.0 Å². The summed E-state index contributed by atoms with van der Waals surface area (Å²) in [5.74, 6) is 0.546. The molecule has 2 heterocycles. The molecular formula is C25H33F3N4O4. The summed E-state index contributed by atoms with van der Waals surface area (Å²) in [7, 11) is 1.29. The van der Waals surface area contributed by atoms with Gasteiger partial charge >= 0.3 is 12.3 Å². The molecular weight excluding hydrogens is 477 g/mol. The summed E-state index contributed by atoms with van der Waals surface area (Å²) in [5, 5.41) is 21.7. The molecule has 0 spiro atoms. The molecule has 0 aliphatic carbocycles. The number of carbonyl (C=O) groups is 1. The quantitative estimate of drug-likeness (QED) is 0.563. The van der Waals surface area contributed by atoms with Gasteiger partial charge in [-0.2, -0.15) is 13.2 Å². The number of amides is 1. The summed E-state index contributed by atoms with van der Waals surface area (Å²) in [6, 6.07) is 3.17. The van der Waals surface area contributed by atoms with Crippen molar-refractivity contribution in [3.05, 3.63) is 34.9 Å². The third kappa shape index (κ3) is 6.57. The Morgan fingerprint density at radius 1 is 1.25 bits per heavy atom. The lowest BCUT2D eigenvalue weighted by Gasteiger charge is -2.34. The fourth-order valence-corrected chi connectivity index (χ4v) is 4.18. The number of aliphatic hydroxyl groups excluding tert-OH is 1. The number of likely N-dealkylation sites (tertiary alicyclic amines) is 1. The first-order valence-electron chi connectivity index (χ1n) is 11.8. The van der Waals surface area contributed by atoms with E-state index in [2.05, 4.69) is 15.5 Å². The molecule has 8 nitrogen and oxygen atoms in total. The van der Waals surface area contributed by atoms with E-state index in [4.69, 9.17) is 9.47 Å². The maximum atomic E-state index is 13.1. The number of hydrogen-bond acceptors (Lipinski definition) is 7. The summed E-state index contributed by atoms with van der Waals surface area (Å²) in [4.78, 5) is 14.1. The van der Waals surface area contributed by atoms with Gasteiger partial charge in [0.05, 0.1) is 19.3 Å². The molecule has 1 fully saturated rings. The van der Waals surface area contributed by atoms with E-state index in [0.717, 1.165) is 25.0 Å². The smallest absolute Gasteiger partial charge is 0.416 e. The Morgan fingerprint density at radius 2 is 1.97 bits per heavy atom. The van der Waals surface area contributed by atoms with Crippen LogP contribution < -0.4 is 10.1 Å². The first kappa shape index (κ1) is 27.5. The number of nitrogens with zero attached hydrogens (tertiary/aromatic N) is 3. The Bertz CT molecular complexity index is 1090. The number of benzene rings is 1. The van der Waals surface area contributed by atoms with Gasteiger partial charge in [-0.3, -0.25) is 0 Å². The molecule has 1 aromatic carbocycles. The highest BCUT2D eigenvalue weighted by Gasteiger charge is 2.32. The molecule has 198 valence electrons. The molecule has 1 unspecified atom stereocenters. The number of carbonyl (C=O) groups excluding carboxylic acids is 1. The Balaban J connectivity index is 1.77. The topological polar surface area (TPSA) is 96.8 Å². The number of ether oxygens (including phenoxy) is 2. The molecule has 11 heteroatoms. The van der Waals surface area contributed by atoms with E-state index < -0.39 is 17.3 Å². The second kappa shape index (κ2) is 10.9. The number of alkyl halides is 3. The van der Waals surface area contributed by atoms with Gasteiger partial charge in [-0.05, 0) is 70.2 Å². The van der Waals surface area contributed by atoms with E-state index in [-0.39, 0.29) is 24.4 Å². The van der Waals surface area contributed by atoms with Gasteiger partial charge in [0.25, 0.3) is 0 Å². The summed E-state index contributed by atoms with van der Waals surface area (Å²) in [6.07, 6.45) is -3.09. The van der Waals surface area contributed by atoms with Crippen LogP contribution in [0.4, 0.5) is 23.8 Å². The number of aliphatic hydroxyl groups is 1. The van der Waals surface area contributed by atoms with Crippen molar-refractivity contribution in [2.24, 2.45) is 5.92 Å². The zero-order valence-corrected chi connectivity index (χ0v) is 21.2. The van der Waals surface area contributed by atoms with Crippen molar-refractivity contribution in [2.45, 2.75) is 58.9 Å². The lowest BCUT2D eigenvalue weighted by atomic mass is 9.98. The van der Waals surface area contributed by atoms with E-state index in [0.29, 0.717) is 47.8 Å². The van der Waals surface area contributed by atoms with E-state index in [1.165, 1.54) is 13.2 Å². The van der Waals surface area contributed by atoms with Gasteiger partial charge in [0, 0.05) is 30.8 Å². The zero-order chi connectivity index (χ0) is 26.7. The van der Waals surface area contributed by atoms with Crippen LogP contribution in [0.3, 0.4) is 0 Å². The first-order chi connectivity index (χ1) is 16.8. The van der Waals surface area contributed by atoms with Gasteiger partial charge in [0.15, 0.2) is 5.82 Å². The fourth-order valence-electron chi connectivity index (χ4n) is 4.18. The van der Waals surface area contributed by atoms with Crippen LogP contribution in [0.15, 0.2) is 18.2 Å². The Hall–Kier alpha value is -3.08. The molecule has 0 saturated carbocycles. The lowest BCUT2D eigenvalue weighted by molar-refractivity contribution is -0.137. The highest BCUT2D eigenvalue weighted by atomic mass is 19.4. The number of rotatable bonds is 6. The molecule has 36 heavy (non-hydrogen) atoms. The van der Waals surface area contributed by atoms with E-state index in [1.54, 1.807) is 11.8 Å². The molecule has 1 amide bonds. The Kier molecular flexibility index (Phi) is 8.33. The average molecular weight is 511 g/mol. The maximum absolute atomic E-state index is 13.1. The van der Waals surface area contributed by atoms with Crippen LogP contribution in [0.2, 0.25) is 0 Å². The van der Waals surface area contributed by atoms with Crippen LogP contribution in [0, 0.1) is 12.8 Å². The minimum Gasteiger partial charge on any atom is -0.496 e. The van der Waals surface area contributed by atoms with Crippen molar-refractivity contribution in [3.8, 4) is 17.0 Å². The van der Waals surface area contributed by atoms with E-state index >= 15 is 0 Å². The third-order valence-corrected chi connectivity index (χ3v) is 6.01. The predicted molar refractivity (Wildman–Crippen MR) is 129 cm³/mol. The molecule has 2 N–H and O–H groups in total. The minimum absolute atomic E-state index is 0.0104. The van der Waals surface area contributed by atoms with Crippen molar-refractivity contribution < 1.29 is 32.5 Å². The maximum Gasteiger partial charge on any atom is 0.416 e. The van der Waals surface area contributed by atoms with E-state index in [9.17, 15) is 23.1 Å². The van der Waals surface area contributed by atoms with Gasteiger partial charge in [-0.1, -0.05) is 0 Å². The van der Waals surface area contributed by atoms with Crippen LogP contribution in [-0.2, 0) is 17.5 Å². The average Bonchev–Trinajstić information content (AvgIpc) is 2.81. The first-order valence-corrected chi connectivity index (χ1v) is 11.8. The standard InChI is InChI=1S/C25H33F3N4O4/c1-15-19(14-33)22(29-12-16-7-6-10-32(13-16)23(34)36-24(2,3)4)31-30-21(15)18-9-8-17(25(26,27)28)11-20(18)35-5/h8-9,11,16,33H,6-7,10,12-14H2,1-5H3,(H,29,31). The molecule has 2 aromatic rings. The molecule has 1 atom stereocenters. The van der Waals surface area contributed by atoms with Crippen LogP contribution in [-0.4, -0.2) is 58.6 Å². The lowest BCUT2D eigenvalue weighted by Crippen LogP contribution is -2.44. The normalized spacial score (nSPS) is 16.6. The van der Waals surface area contributed by atoms with Crippen molar-refractivity contribution >= 4 is 11.9 Å². The number of methoxy groups -OCH3 is 1. The molecule has 0 radical (unpaired) electrons. The number of hydrogen-bond donors (Lipinski definition) is 2. The van der Waals surface area contributed by atoms with E-state index in [1.807, 2.05) is 20.8 Å². The number of aromatic nitrogens is 2. The van der Waals surface area contributed by atoms with Gasteiger partial charge < -0.3 is 24.8 Å².